The number of rotatable bonds is 7. The van der Waals surface area contributed by atoms with Crippen LogP contribution in [0.15, 0.2) is 40.2 Å². The van der Waals surface area contributed by atoms with Gasteiger partial charge in [0, 0.05) is 21.6 Å². The van der Waals surface area contributed by atoms with Crippen LogP contribution in [0.3, 0.4) is 0 Å². The normalized spacial score (nSPS) is 10.9. The van der Waals surface area contributed by atoms with Crippen LogP contribution in [-0.2, 0) is 11.3 Å². The minimum atomic E-state index is 0.0374. The van der Waals surface area contributed by atoms with Gasteiger partial charge in [-0.3, -0.25) is 9.69 Å². The molecule has 1 aromatic carbocycles. The zero-order valence-electron chi connectivity index (χ0n) is 12.9. The van der Waals surface area contributed by atoms with E-state index >= 15 is 0 Å². The molecule has 0 spiro atoms. The molecule has 1 heterocycles. The second-order valence-electron chi connectivity index (χ2n) is 5.27. The minimum Gasteiger partial charge on any atom is -0.325 e. The Labute approximate surface area is 144 Å². The van der Waals surface area contributed by atoms with E-state index in [1.165, 1.54) is 4.88 Å². The maximum Gasteiger partial charge on any atom is 0.238 e. The first kappa shape index (κ1) is 17.2. The van der Waals surface area contributed by atoms with Crippen LogP contribution in [0, 0.1) is 6.92 Å². The fourth-order valence-electron chi connectivity index (χ4n) is 2.28. The summed E-state index contributed by atoms with van der Waals surface area (Å²) in [5, 5.41) is 5.07. The highest BCUT2D eigenvalue weighted by atomic mass is 79.9. The maximum atomic E-state index is 12.3. The molecule has 22 heavy (non-hydrogen) atoms. The lowest BCUT2D eigenvalue weighted by atomic mass is 10.2. The van der Waals surface area contributed by atoms with E-state index in [2.05, 4.69) is 44.5 Å². The van der Waals surface area contributed by atoms with E-state index in [1.807, 2.05) is 31.2 Å². The molecule has 5 heteroatoms. The molecule has 0 atom stereocenters. The van der Waals surface area contributed by atoms with Crippen molar-refractivity contribution in [2.75, 3.05) is 18.4 Å². The van der Waals surface area contributed by atoms with E-state index in [4.69, 9.17) is 0 Å². The molecule has 0 unspecified atom stereocenters. The van der Waals surface area contributed by atoms with Crippen molar-refractivity contribution in [3.63, 3.8) is 0 Å². The minimum absolute atomic E-state index is 0.0374. The highest BCUT2D eigenvalue weighted by molar-refractivity contribution is 9.10. The maximum absolute atomic E-state index is 12.3. The molecule has 2 rings (SSSR count). The molecule has 0 saturated carbocycles. The predicted octanol–water partition coefficient (Wildman–Crippen LogP) is 4.67. The van der Waals surface area contributed by atoms with Crippen molar-refractivity contribution in [2.24, 2.45) is 0 Å². The standard InChI is InChI=1S/C17H21BrN2OS/c1-3-9-20(11-16-14(18)8-10-22-16)12-17(21)19-15-7-5-4-6-13(15)2/h4-8,10H,3,9,11-12H2,1-2H3,(H,19,21). The number of nitrogens with zero attached hydrogens (tertiary/aromatic N) is 1. The van der Waals surface area contributed by atoms with E-state index in [-0.39, 0.29) is 5.91 Å². The fourth-order valence-corrected chi connectivity index (χ4v) is 3.80. The van der Waals surface area contributed by atoms with Gasteiger partial charge in [-0.1, -0.05) is 25.1 Å². The fraction of sp³-hybridized carbons (Fsp3) is 0.353. The Bertz CT molecular complexity index is 627. The number of aryl methyl sites for hydroxylation is 1. The molecule has 0 aliphatic heterocycles. The molecule has 2 aromatic rings. The Kier molecular flexibility index (Phi) is 6.61. The van der Waals surface area contributed by atoms with Gasteiger partial charge in [0.25, 0.3) is 0 Å². The van der Waals surface area contributed by atoms with Crippen molar-refractivity contribution >= 4 is 38.9 Å². The SMILES string of the molecule is CCCN(CC(=O)Nc1ccccc1C)Cc1sccc1Br. The third kappa shape index (κ3) is 4.93. The first-order valence-corrected chi connectivity index (χ1v) is 9.07. The van der Waals surface area contributed by atoms with Crippen LogP contribution in [-0.4, -0.2) is 23.9 Å². The zero-order chi connectivity index (χ0) is 15.9. The van der Waals surface area contributed by atoms with Crippen molar-refractivity contribution in [1.29, 1.82) is 0 Å². The third-order valence-electron chi connectivity index (χ3n) is 3.38. The second kappa shape index (κ2) is 8.46. The van der Waals surface area contributed by atoms with Crippen LogP contribution in [0.2, 0.25) is 0 Å². The number of halogens is 1. The summed E-state index contributed by atoms with van der Waals surface area (Å²) >= 11 is 5.28. The monoisotopic (exact) mass is 380 g/mol. The number of carbonyl (C=O) groups excluding carboxylic acids is 1. The van der Waals surface area contributed by atoms with E-state index in [0.717, 1.165) is 35.2 Å². The van der Waals surface area contributed by atoms with Gasteiger partial charge in [0.1, 0.15) is 0 Å². The van der Waals surface area contributed by atoms with Gasteiger partial charge in [-0.05, 0) is 58.9 Å². The van der Waals surface area contributed by atoms with Gasteiger partial charge < -0.3 is 5.32 Å². The Balaban J connectivity index is 1.97. The number of hydrogen-bond acceptors (Lipinski definition) is 3. The molecule has 0 radical (unpaired) electrons. The van der Waals surface area contributed by atoms with Gasteiger partial charge in [-0.15, -0.1) is 11.3 Å². The van der Waals surface area contributed by atoms with Crippen molar-refractivity contribution in [1.82, 2.24) is 4.90 Å². The quantitative estimate of drug-likeness (QED) is 0.756. The Morgan fingerprint density at radius 2 is 2.09 bits per heavy atom. The number of carbonyl (C=O) groups is 1. The summed E-state index contributed by atoms with van der Waals surface area (Å²) in [5.74, 6) is 0.0374. The Hall–Kier alpha value is -1.17. The van der Waals surface area contributed by atoms with Gasteiger partial charge in [0.05, 0.1) is 6.54 Å². The van der Waals surface area contributed by atoms with E-state index in [9.17, 15) is 4.79 Å². The van der Waals surface area contributed by atoms with Gasteiger partial charge in [-0.25, -0.2) is 0 Å². The number of benzene rings is 1. The van der Waals surface area contributed by atoms with Crippen LogP contribution in [0.5, 0.6) is 0 Å². The third-order valence-corrected chi connectivity index (χ3v) is 5.30. The molecule has 1 N–H and O–H groups in total. The molecule has 0 saturated heterocycles. The number of para-hydroxylation sites is 1. The molecule has 3 nitrogen and oxygen atoms in total. The lowest BCUT2D eigenvalue weighted by molar-refractivity contribution is -0.117. The summed E-state index contributed by atoms with van der Waals surface area (Å²) in [6, 6.07) is 9.91. The summed E-state index contributed by atoms with van der Waals surface area (Å²) in [4.78, 5) is 15.7. The molecule has 0 aliphatic carbocycles. The van der Waals surface area contributed by atoms with Gasteiger partial charge in [-0.2, -0.15) is 0 Å². The van der Waals surface area contributed by atoms with E-state index in [0.29, 0.717) is 6.54 Å². The number of anilines is 1. The van der Waals surface area contributed by atoms with Crippen LogP contribution >= 0.6 is 27.3 Å². The number of nitrogens with one attached hydrogen (secondary N) is 1. The van der Waals surface area contributed by atoms with Crippen LogP contribution in [0.25, 0.3) is 0 Å². The van der Waals surface area contributed by atoms with Crippen molar-refractivity contribution in [2.45, 2.75) is 26.8 Å². The second-order valence-corrected chi connectivity index (χ2v) is 7.12. The summed E-state index contributed by atoms with van der Waals surface area (Å²) in [6.45, 7) is 6.25. The predicted molar refractivity (Wildman–Crippen MR) is 97.4 cm³/mol. The Morgan fingerprint density at radius 3 is 2.73 bits per heavy atom. The summed E-state index contributed by atoms with van der Waals surface area (Å²) in [7, 11) is 0. The van der Waals surface area contributed by atoms with Crippen molar-refractivity contribution < 1.29 is 4.79 Å². The first-order chi connectivity index (χ1) is 10.6. The smallest absolute Gasteiger partial charge is 0.238 e. The molecular formula is C17H21BrN2OS. The summed E-state index contributed by atoms with van der Waals surface area (Å²) in [5.41, 5.74) is 1.97. The molecule has 0 aliphatic rings. The molecule has 0 fully saturated rings. The largest absolute Gasteiger partial charge is 0.325 e. The van der Waals surface area contributed by atoms with Crippen LogP contribution in [0.4, 0.5) is 5.69 Å². The number of hydrogen-bond donors (Lipinski definition) is 1. The van der Waals surface area contributed by atoms with Gasteiger partial charge in [0.15, 0.2) is 0 Å². The van der Waals surface area contributed by atoms with E-state index in [1.54, 1.807) is 11.3 Å². The van der Waals surface area contributed by atoms with Crippen LogP contribution < -0.4 is 5.32 Å². The first-order valence-electron chi connectivity index (χ1n) is 7.40. The summed E-state index contributed by atoms with van der Waals surface area (Å²) < 4.78 is 1.12. The van der Waals surface area contributed by atoms with Crippen molar-refractivity contribution in [3.05, 3.63) is 50.6 Å². The highest BCUT2D eigenvalue weighted by Gasteiger charge is 2.13. The van der Waals surface area contributed by atoms with Gasteiger partial charge >= 0.3 is 0 Å². The highest BCUT2D eigenvalue weighted by Crippen LogP contribution is 2.24. The molecular weight excluding hydrogens is 360 g/mol. The lowest BCUT2D eigenvalue weighted by Crippen LogP contribution is -2.33. The van der Waals surface area contributed by atoms with Crippen LogP contribution in [0.1, 0.15) is 23.8 Å². The number of thiophene rings is 1. The molecule has 0 bridgehead atoms. The lowest BCUT2D eigenvalue weighted by Gasteiger charge is -2.21. The average molecular weight is 381 g/mol. The van der Waals surface area contributed by atoms with Crippen molar-refractivity contribution in [3.8, 4) is 0 Å². The molecule has 1 aromatic heterocycles. The average Bonchev–Trinajstić information content (AvgIpc) is 2.87. The van der Waals surface area contributed by atoms with E-state index < -0.39 is 0 Å². The number of amides is 1. The zero-order valence-corrected chi connectivity index (χ0v) is 15.3. The Morgan fingerprint density at radius 1 is 1.32 bits per heavy atom. The van der Waals surface area contributed by atoms with Gasteiger partial charge in [0.2, 0.25) is 5.91 Å². The molecule has 1 amide bonds. The molecule has 118 valence electrons. The topological polar surface area (TPSA) is 32.3 Å². The summed E-state index contributed by atoms with van der Waals surface area (Å²) in [6.07, 6.45) is 1.03.